The second-order valence-corrected chi connectivity index (χ2v) is 8.41. The van der Waals surface area contributed by atoms with Crippen LogP contribution >= 0.6 is 0 Å². The molecule has 1 atom stereocenters. The molecule has 5 nitrogen and oxygen atoms in total. The van der Waals surface area contributed by atoms with Crippen molar-refractivity contribution in [1.82, 2.24) is 4.72 Å². The number of rotatable bonds is 5. The number of hydrogen-bond acceptors (Lipinski definition) is 3. The number of nitrogens with zero attached hydrogens (tertiary/aromatic N) is 1. The second kappa shape index (κ2) is 7.21. The second-order valence-electron chi connectivity index (χ2n) is 6.69. The number of sulfonamides is 1. The van der Waals surface area contributed by atoms with E-state index in [9.17, 15) is 13.2 Å². The van der Waals surface area contributed by atoms with Gasteiger partial charge in [-0.05, 0) is 49.6 Å². The van der Waals surface area contributed by atoms with Crippen molar-refractivity contribution in [2.75, 3.05) is 11.4 Å². The summed E-state index contributed by atoms with van der Waals surface area (Å²) in [5.74, 6) is 0.0606. The van der Waals surface area contributed by atoms with E-state index in [2.05, 4.69) is 4.72 Å². The number of anilines is 1. The number of hydrogen-bond donors (Lipinski definition) is 1. The van der Waals surface area contributed by atoms with Crippen molar-refractivity contribution in [3.05, 3.63) is 59.2 Å². The number of benzene rings is 2. The van der Waals surface area contributed by atoms with Gasteiger partial charge in [-0.25, -0.2) is 13.1 Å². The Hall–Kier alpha value is -2.18. The fraction of sp³-hybridized carbons (Fsp3) is 0.350. The molecule has 1 aliphatic rings. The lowest BCUT2D eigenvalue weighted by Gasteiger charge is -2.18. The molecular formula is C20H24N2O3S. The molecule has 0 fully saturated rings. The van der Waals surface area contributed by atoms with Crippen molar-refractivity contribution in [1.29, 1.82) is 0 Å². The third kappa shape index (κ3) is 3.66. The molecule has 2 aromatic rings. The van der Waals surface area contributed by atoms with Gasteiger partial charge < -0.3 is 4.90 Å². The predicted molar refractivity (Wildman–Crippen MR) is 103 cm³/mol. The highest BCUT2D eigenvalue weighted by molar-refractivity contribution is 7.89. The van der Waals surface area contributed by atoms with Gasteiger partial charge in [0.2, 0.25) is 15.9 Å². The Morgan fingerprint density at radius 2 is 1.88 bits per heavy atom. The van der Waals surface area contributed by atoms with E-state index in [1.165, 1.54) is 0 Å². The number of amides is 1. The van der Waals surface area contributed by atoms with Gasteiger partial charge in [0.05, 0.1) is 4.90 Å². The van der Waals surface area contributed by atoms with Crippen LogP contribution in [-0.4, -0.2) is 20.9 Å². The van der Waals surface area contributed by atoms with Gasteiger partial charge >= 0.3 is 0 Å². The summed E-state index contributed by atoms with van der Waals surface area (Å²) < 4.78 is 28.3. The molecule has 0 spiro atoms. The van der Waals surface area contributed by atoms with Crippen LogP contribution in [0.2, 0.25) is 0 Å². The molecule has 2 aromatic carbocycles. The zero-order chi connectivity index (χ0) is 18.9. The number of nitrogens with one attached hydrogen (secondary N) is 1. The molecule has 0 radical (unpaired) electrons. The molecular weight excluding hydrogens is 348 g/mol. The van der Waals surface area contributed by atoms with Gasteiger partial charge in [-0.1, -0.05) is 36.8 Å². The van der Waals surface area contributed by atoms with Gasteiger partial charge in [-0.2, -0.15) is 0 Å². The maximum absolute atomic E-state index is 12.8. The van der Waals surface area contributed by atoms with Crippen molar-refractivity contribution >= 4 is 21.6 Å². The van der Waals surface area contributed by atoms with E-state index in [1.54, 1.807) is 23.1 Å². The fourth-order valence-corrected chi connectivity index (χ4v) is 4.50. The molecule has 0 saturated heterocycles. The summed E-state index contributed by atoms with van der Waals surface area (Å²) >= 11 is 0. The zero-order valence-corrected chi connectivity index (χ0v) is 16.1. The minimum absolute atomic E-state index is 0.0606. The van der Waals surface area contributed by atoms with Gasteiger partial charge in [0.15, 0.2) is 0 Å². The molecule has 1 unspecified atom stereocenters. The third-order valence-corrected chi connectivity index (χ3v) is 6.31. The van der Waals surface area contributed by atoms with Gasteiger partial charge in [0.1, 0.15) is 0 Å². The van der Waals surface area contributed by atoms with Crippen molar-refractivity contribution < 1.29 is 13.2 Å². The molecule has 3 rings (SSSR count). The molecule has 1 aliphatic heterocycles. The van der Waals surface area contributed by atoms with E-state index in [0.717, 1.165) is 22.4 Å². The highest BCUT2D eigenvalue weighted by Gasteiger charge is 2.26. The van der Waals surface area contributed by atoms with Crippen molar-refractivity contribution in [2.24, 2.45) is 0 Å². The number of fused-ring (bicyclic) bond motifs is 1. The highest BCUT2D eigenvalue weighted by atomic mass is 32.2. The molecule has 6 heteroatoms. The molecule has 0 saturated carbocycles. The summed E-state index contributed by atoms with van der Waals surface area (Å²) in [5, 5.41) is 0. The Kier molecular flexibility index (Phi) is 5.16. The molecule has 0 aliphatic carbocycles. The molecule has 0 aromatic heterocycles. The topological polar surface area (TPSA) is 66.5 Å². The van der Waals surface area contributed by atoms with Gasteiger partial charge in [-0.3, -0.25) is 4.79 Å². The largest absolute Gasteiger partial charge is 0.312 e. The van der Waals surface area contributed by atoms with Crippen LogP contribution in [0.3, 0.4) is 0 Å². The summed E-state index contributed by atoms with van der Waals surface area (Å²) in [6.45, 7) is 6.27. The smallest absolute Gasteiger partial charge is 0.241 e. The predicted octanol–water partition coefficient (Wildman–Crippen LogP) is 3.33. The minimum atomic E-state index is -3.64. The highest BCUT2D eigenvalue weighted by Crippen LogP contribution is 2.31. The summed E-state index contributed by atoms with van der Waals surface area (Å²) in [6.07, 6.45) is 1.12. The SMILES string of the molecule is CCC(=O)N1CCc2cc(S(=O)(=O)NC(C)c3ccc(C)cc3)ccc21. The summed E-state index contributed by atoms with van der Waals surface area (Å²) in [4.78, 5) is 13.9. The number of carbonyl (C=O) groups is 1. The van der Waals surface area contributed by atoms with Crippen LogP contribution in [0.1, 0.15) is 43.0 Å². The van der Waals surface area contributed by atoms with Crippen molar-refractivity contribution in [2.45, 2.75) is 44.6 Å². The Balaban J connectivity index is 1.82. The Labute approximate surface area is 155 Å². The number of carbonyl (C=O) groups excluding carboxylic acids is 1. The van der Waals surface area contributed by atoms with Crippen LogP contribution in [0.25, 0.3) is 0 Å². The first-order valence-corrected chi connectivity index (χ1v) is 10.3. The van der Waals surface area contributed by atoms with Gasteiger partial charge in [0.25, 0.3) is 0 Å². The van der Waals surface area contributed by atoms with Crippen LogP contribution in [0.5, 0.6) is 0 Å². The zero-order valence-electron chi connectivity index (χ0n) is 15.3. The Morgan fingerprint density at radius 3 is 2.54 bits per heavy atom. The van der Waals surface area contributed by atoms with Gasteiger partial charge in [0, 0.05) is 24.7 Å². The van der Waals surface area contributed by atoms with E-state index in [0.29, 0.717) is 19.4 Å². The van der Waals surface area contributed by atoms with Crippen LogP contribution in [0, 0.1) is 6.92 Å². The van der Waals surface area contributed by atoms with E-state index in [4.69, 9.17) is 0 Å². The molecule has 1 amide bonds. The van der Waals surface area contributed by atoms with Gasteiger partial charge in [-0.15, -0.1) is 0 Å². The van der Waals surface area contributed by atoms with E-state index < -0.39 is 10.0 Å². The van der Waals surface area contributed by atoms with E-state index in [-0.39, 0.29) is 16.8 Å². The lowest BCUT2D eigenvalue weighted by atomic mass is 10.1. The summed E-state index contributed by atoms with van der Waals surface area (Å²) in [5.41, 5.74) is 3.77. The first-order valence-electron chi connectivity index (χ1n) is 8.84. The van der Waals surface area contributed by atoms with Crippen LogP contribution in [0.15, 0.2) is 47.4 Å². The lowest BCUT2D eigenvalue weighted by molar-refractivity contribution is -0.118. The number of aryl methyl sites for hydroxylation is 1. The fourth-order valence-electron chi connectivity index (χ4n) is 3.22. The third-order valence-electron chi connectivity index (χ3n) is 4.77. The molecule has 0 bridgehead atoms. The van der Waals surface area contributed by atoms with E-state index in [1.807, 2.05) is 45.0 Å². The minimum Gasteiger partial charge on any atom is -0.312 e. The molecule has 1 heterocycles. The maximum atomic E-state index is 12.8. The average molecular weight is 372 g/mol. The normalized spacial score (nSPS) is 15.0. The Bertz CT molecular complexity index is 921. The first-order chi connectivity index (χ1) is 12.3. The van der Waals surface area contributed by atoms with Crippen molar-refractivity contribution in [3.63, 3.8) is 0 Å². The van der Waals surface area contributed by atoms with Crippen molar-refractivity contribution in [3.8, 4) is 0 Å². The average Bonchev–Trinajstić information content (AvgIpc) is 3.04. The molecule has 1 N–H and O–H groups in total. The molecule has 138 valence electrons. The maximum Gasteiger partial charge on any atom is 0.241 e. The Morgan fingerprint density at radius 1 is 1.19 bits per heavy atom. The van der Waals surface area contributed by atoms with Crippen LogP contribution in [0.4, 0.5) is 5.69 Å². The standard InChI is InChI=1S/C20H24N2O3S/c1-4-20(23)22-12-11-17-13-18(9-10-19(17)22)26(24,25)21-15(3)16-7-5-14(2)6-8-16/h5-10,13,15,21H,4,11-12H2,1-3H3. The lowest BCUT2D eigenvalue weighted by Crippen LogP contribution is -2.28. The summed E-state index contributed by atoms with van der Waals surface area (Å²) in [6, 6.07) is 12.5. The summed E-state index contributed by atoms with van der Waals surface area (Å²) in [7, 11) is -3.64. The monoisotopic (exact) mass is 372 g/mol. The van der Waals surface area contributed by atoms with Crippen LogP contribution in [-0.2, 0) is 21.2 Å². The first kappa shape index (κ1) is 18.6. The van der Waals surface area contributed by atoms with Crippen LogP contribution < -0.4 is 9.62 Å². The molecule has 26 heavy (non-hydrogen) atoms. The van der Waals surface area contributed by atoms with E-state index >= 15 is 0 Å². The quantitative estimate of drug-likeness (QED) is 0.875.